The Morgan fingerprint density at radius 3 is 2.33 bits per heavy atom. The number of unbranched alkanes of at least 4 members (excludes halogenated alkanes) is 2. The molecule has 0 aliphatic carbocycles. The van der Waals surface area contributed by atoms with E-state index in [1.54, 1.807) is 17.0 Å². The highest BCUT2D eigenvalue weighted by molar-refractivity contribution is 6.19. The smallest absolute Gasteiger partial charge is 0.332 e. The van der Waals surface area contributed by atoms with Crippen LogP contribution in [-0.4, -0.2) is 59.9 Å². The fraction of sp³-hybridized carbons (Fsp3) is 0.423. The summed E-state index contributed by atoms with van der Waals surface area (Å²) < 4.78 is 5.72. The first-order chi connectivity index (χ1) is 16.1. The summed E-state index contributed by atoms with van der Waals surface area (Å²) in [6.45, 7) is 4.05. The summed E-state index contributed by atoms with van der Waals surface area (Å²) in [6.07, 6.45) is 4.65. The van der Waals surface area contributed by atoms with Gasteiger partial charge in [0.1, 0.15) is 12.3 Å². The average molecular weight is 450 g/mol. The quantitative estimate of drug-likeness (QED) is 0.444. The molecule has 2 aliphatic heterocycles. The third kappa shape index (κ3) is 5.18. The van der Waals surface area contributed by atoms with Gasteiger partial charge in [0.15, 0.2) is 0 Å². The van der Waals surface area contributed by atoms with Crippen molar-refractivity contribution >= 4 is 23.5 Å². The third-order valence-electron chi connectivity index (χ3n) is 6.32. The molecule has 4 amide bonds. The second-order valence-corrected chi connectivity index (χ2v) is 8.58. The fourth-order valence-corrected chi connectivity index (χ4v) is 4.43. The molecule has 0 bridgehead atoms. The first-order valence-corrected chi connectivity index (χ1v) is 11.8. The van der Waals surface area contributed by atoms with Crippen LogP contribution in [0.4, 0.5) is 10.5 Å². The van der Waals surface area contributed by atoms with Crippen molar-refractivity contribution in [2.45, 2.75) is 45.1 Å². The van der Waals surface area contributed by atoms with Crippen molar-refractivity contribution in [3.8, 4) is 5.75 Å². The van der Waals surface area contributed by atoms with Gasteiger partial charge in [-0.3, -0.25) is 9.59 Å². The Morgan fingerprint density at radius 1 is 0.970 bits per heavy atom. The van der Waals surface area contributed by atoms with Crippen molar-refractivity contribution in [1.29, 1.82) is 0 Å². The molecule has 0 N–H and O–H groups in total. The van der Waals surface area contributed by atoms with Crippen LogP contribution in [0, 0.1) is 0 Å². The van der Waals surface area contributed by atoms with E-state index < -0.39 is 0 Å². The van der Waals surface area contributed by atoms with E-state index in [2.05, 4.69) is 6.92 Å². The van der Waals surface area contributed by atoms with Gasteiger partial charge >= 0.3 is 6.03 Å². The molecule has 0 saturated carbocycles. The maximum atomic E-state index is 12.9. The Hall–Kier alpha value is -3.35. The molecule has 174 valence electrons. The van der Waals surface area contributed by atoms with Crippen LogP contribution in [0.5, 0.6) is 5.75 Å². The number of nitrogens with zero attached hydrogens (tertiary/aromatic N) is 3. The summed E-state index contributed by atoms with van der Waals surface area (Å²) >= 11 is 0. The lowest BCUT2D eigenvalue weighted by Crippen LogP contribution is -2.48. The van der Waals surface area contributed by atoms with E-state index >= 15 is 0 Å². The zero-order valence-electron chi connectivity index (χ0n) is 19.1. The van der Waals surface area contributed by atoms with Gasteiger partial charge in [0, 0.05) is 24.7 Å². The molecule has 0 spiro atoms. The number of likely N-dealkylation sites (tertiary alicyclic amines) is 1. The lowest BCUT2D eigenvalue weighted by atomic mass is 10.0. The van der Waals surface area contributed by atoms with Crippen molar-refractivity contribution in [2.24, 2.45) is 0 Å². The van der Waals surface area contributed by atoms with Gasteiger partial charge in [-0.2, -0.15) is 0 Å². The minimum Gasteiger partial charge on any atom is -0.494 e. The van der Waals surface area contributed by atoms with Gasteiger partial charge in [-0.1, -0.05) is 38.0 Å². The largest absolute Gasteiger partial charge is 0.494 e. The number of hydrogen-bond donors (Lipinski definition) is 0. The number of para-hydroxylation sites is 1. The number of amides is 4. The number of anilines is 1. The Morgan fingerprint density at radius 2 is 1.67 bits per heavy atom. The SMILES string of the molecule is CCCCCOc1ccc(C(=O)N2CCC(N3CC(=O)N(c4ccccc4)C3=O)CC2)cc1. The summed E-state index contributed by atoms with van der Waals surface area (Å²) in [5.41, 5.74) is 1.23. The number of piperidine rings is 1. The molecule has 2 fully saturated rings. The number of carbonyl (C=O) groups excluding carboxylic acids is 3. The average Bonchev–Trinajstić information content (AvgIpc) is 3.16. The summed E-state index contributed by atoms with van der Waals surface area (Å²) in [4.78, 5) is 43.1. The summed E-state index contributed by atoms with van der Waals surface area (Å²) in [5, 5.41) is 0. The van der Waals surface area contributed by atoms with Crippen LogP contribution in [-0.2, 0) is 4.79 Å². The molecule has 2 aromatic carbocycles. The highest BCUT2D eigenvalue weighted by Crippen LogP contribution is 2.27. The Kier molecular flexibility index (Phi) is 7.27. The van der Waals surface area contributed by atoms with E-state index in [1.165, 1.54) is 4.90 Å². The van der Waals surface area contributed by atoms with Crippen LogP contribution in [0.2, 0.25) is 0 Å². The molecular formula is C26H31N3O4. The number of hydrogen-bond acceptors (Lipinski definition) is 4. The molecule has 0 atom stereocenters. The minimum atomic E-state index is -0.273. The lowest BCUT2D eigenvalue weighted by Gasteiger charge is -2.36. The Balaban J connectivity index is 1.30. The number of imide groups is 1. The highest BCUT2D eigenvalue weighted by atomic mass is 16.5. The van der Waals surface area contributed by atoms with E-state index in [0.717, 1.165) is 25.0 Å². The number of urea groups is 1. The molecule has 2 aromatic rings. The number of rotatable bonds is 8. The molecule has 4 rings (SSSR count). The first-order valence-electron chi connectivity index (χ1n) is 11.8. The van der Waals surface area contributed by atoms with Crippen LogP contribution < -0.4 is 9.64 Å². The number of ether oxygens (including phenoxy) is 1. The summed E-state index contributed by atoms with van der Waals surface area (Å²) in [5.74, 6) is 0.559. The molecule has 33 heavy (non-hydrogen) atoms. The monoisotopic (exact) mass is 449 g/mol. The third-order valence-corrected chi connectivity index (χ3v) is 6.32. The van der Waals surface area contributed by atoms with Crippen LogP contribution >= 0.6 is 0 Å². The first kappa shape index (κ1) is 22.8. The topological polar surface area (TPSA) is 70.2 Å². The predicted molar refractivity (Wildman–Crippen MR) is 126 cm³/mol. The molecule has 7 nitrogen and oxygen atoms in total. The second kappa shape index (κ2) is 10.5. The van der Waals surface area contributed by atoms with E-state index in [9.17, 15) is 14.4 Å². The standard InChI is InChI=1S/C26H31N3O4/c1-2-3-7-18-33-23-12-10-20(11-13-23)25(31)27-16-14-21(15-17-27)28-19-24(30)29(26(28)32)22-8-5-4-6-9-22/h4-6,8-13,21H,2-3,7,14-19H2,1H3. The van der Waals surface area contributed by atoms with Crippen molar-refractivity contribution < 1.29 is 19.1 Å². The van der Waals surface area contributed by atoms with Gasteiger partial charge in [-0.05, 0) is 55.7 Å². The zero-order chi connectivity index (χ0) is 23.2. The number of carbonyl (C=O) groups is 3. The highest BCUT2D eigenvalue weighted by Gasteiger charge is 2.41. The van der Waals surface area contributed by atoms with Gasteiger partial charge in [-0.15, -0.1) is 0 Å². The van der Waals surface area contributed by atoms with E-state index in [4.69, 9.17) is 4.74 Å². The van der Waals surface area contributed by atoms with Crippen molar-refractivity contribution in [3.05, 3.63) is 60.2 Å². The Bertz CT molecular complexity index is 969. The molecule has 2 saturated heterocycles. The van der Waals surface area contributed by atoms with E-state index in [0.29, 0.717) is 43.8 Å². The molecular weight excluding hydrogens is 418 g/mol. The van der Waals surface area contributed by atoms with Gasteiger partial charge in [0.05, 0.1) is 12.3 Å². The molecule has 7 heteroatoms. The van der Waals surface area contributed by atoms with Gasteiger partial charge in [0.2, 0.25) is 0 Å². The maximum Gasteiger partial charge on any atom is 0.332 e. The van der Waals surface area contributed by atoms with Crippen LogP contribution in [0.25, 0.3) is 0 Å². The normalized spacial score (nSPS) is 17.1. The Labute approximate surface area is 194 Å². The second-order valence-electron chi connectivity index (χ2n) is 8.58. The van der Waals surface area contributed by atoms with Crippen molar-refractivity contribution in [3.63, 3.8) is 0 Å². The van der Waals surface area contributed by atoms with E-state index in [1.807, 2.05) is 47.4 Å². The predicted octanol–water partition coefficient (Wildman–Crippen LogP) is 4.33. The molecule has 0 radical (unpaired) electrons. The van der Waals surface area contributed by atoms with Crippen LogP contribution in [0.1, 0.15) is 49.4 Å². The fourth-order valence-electron chi connectivity index (χ4n) is 4.43. The maximum absolute atomic E-state index is 12.9. The molecule has 0 unspecified atom stereocenters. The summed E-state index contributed by atoms with van der Waals surface area (Å²) in [6, 6.07) is 16.0. The minimum absolute atomic E-state index is 0.0132. The van der Waals surface area contributed by atoms with Crippen LogP contribution in [0.15, 0.2) is 54.6 Å². The van der Waals surface area contributed by atoms with Crippen LogP contribution in [0.3, 0.4) is 0 Å². The van der Waals surface area contributed by atoms with Gasteiger partial charge in [-0.25, -0.2) is 9.69 Å². The molecule has 0 aromatic heterocycles. The summed E-state index contributed by atoms with van der Waals surface area (Å²) in [7, 11) is 0. The van der Waals surface area contributed by atoms with Gasteiger partial charge < -0.3 is 14.5 Å². The molecule has 2 heterocycles. The van der Waals surface area contributed by atoms with E-state index in [-0.39, 0.29) is 30.4 Å². The van der Waals surface area contributed by atoms with Gasteiger partial charge in [0.25, 0.3) is 11.8 Å². The number of benzene rings is 2. The van der Waals surface area contributed by atoms with Crippen molar-refractivity contribution in [1.82, 2.24) is 9.80 Å². The zero-order valence-corrected chi connectivity index (χ0v) is 19.1. The van der Waals surface area contributed by atoms with Crippen molar-refractivity contribution in [2.75, 3.05) is 31.1 Å². The lowest BCUT2D eigenvalue weighted by molar-refractivity contribution is -0.116. The molecule has 2 aliphatic rings.